The van der Waals surface area contributed by atoms with E-state index in [1.807, 2.05) is 6.92 Å². The maximum atomic E-state index is 8.20. The summed E-state index contributed by atoms with van der Waals surface area (Å²) in [5, 5.41) is 8.20. The molecule has 0 saturated heterocycles. The molecule has 108 valence electrons. The summed E-state index contributed by atoms with van der Waals surface area (Å²) in [5.41, 5.74) is 7.88. The van der Waals surface area contributed by atoms with Gasteiger partial charge in [-0.05, 0) is 67.5 Å². The topological polar surface area (TPSA) is 23.9 Å². The molecule has 2 aromatic carbocycles. The molecule has 0 saturated carbocycles. The summed E-state index contributed by atoms with van der Waals surface area (Å²) < 4.78 is 0. The van der Waals surface area contributed by atoms with Crippen LogP contribution in [-0.4, -0.2) is 5.71 Å². The van der Waals surface area contributed by atoms with Crippen molar-refractivity contribution in [3.8, 4) is 11.1 Å². The normalized spacial score (nSPS) is 10.4. The third-order valence-corrected chi connectivity index (χ3v) is 3.81. The molecule has 0 unspecified atom stereocenters. The number of benzene rings is 2. The molecule has 0 amide bonds. The van der Waals surface area contributed by atoms with Gasteiger partial charge in [-0.2, -0.15) is 0 Å². The highest BCUT2D eigenvalue weighted by atomic mass is 14.4. The molecule has 1 nitrogen and oxygen atoms in total. The molecule has 0 spiro atoms. The minimum absolute atomic E-state index is 0.692. The van der Waals surface area contributed by atoms with Crippen molar-refractivity contribution in [2.24, 2.45) is 0 Å². The van der Waals surface area contributed by atoms with Crippen LogP contribution in [0.5, 0.6) is 0 Å². The van der Waals surface area contributed by atoms with Crippen molar-refractivity contribution in [3.63, 3.8) is 0 Å². The van der Waals surface area contributed by atoms with E-state index in [0.29, 0.717) is 5.71 Å². The second-order valence-corrected chi connectivity index (χ2v) is 5.78. The lowest BCUT2D eigenvalue weighted by Crippen LogP contribution is -2.00. The van der Waals surface area contributed by atoms with Crippen molar-refractivity contribution >= 4 is 5.71 Å². The second-order valence-electron chi connectivity index (χ2n) is 5.78. The molecule has 0 aliphatic rings. The summed E-state index contributed by atoms with van der Waals surface area (Å²) in [5.74, 6) is 0. The van der Waals surface area contributed by atoms with Crippen LogP contribution in [0.4, 0.5) is 0 Å². The molecule has 0 aliphatic heterocycles. The van der Waals surface area contributed by atoms with Crippen molar-refractivity contribution in [1.82, 2.24) is 0 Å². The molecule has 0 atom stereocenters. The minimum atomic E-state index is 0.692. The molecule has 0 heterocycles. The Balaban J connectivity index is 2.28. The maximum absolute atomic E-state index is 8.20. The molecule has 0 bridgehead atoms. The zero-order chi connectivity index (χ0) is 15.4. The van der Waals surface area contributed by atoms with Gasteiger partial charge in [-0.15, -0.1) is 6.58 Å². The Hall–Kier alpha value is -2.15. The summed E-state index contributed by atoms with van der Waals surface area (Å²) >= 11 is 0. The Labute approximate surface area is 127 Å². The average Bonchev–Trinajstić information content (AvgIpc) is 2.45. The molecular formula is C20H23N. The Morgan fingerprint density at radius 2 is 1.62 bits per heavy atom. The predicted molar refractivity (Wildman–Crippen MR) is 92.2 cm³/mol. The average molecular weight is 277 g/mol. The van der Waals surface area contributed by atoms with Crippen LogP contribution < -0.4 is 0 Å². The Kier molecular flexibility index (Phi) is 4.74. The molecule has 0 fully saturated rings. The first-order valence-electron chi connectivity index (χ1n) is 7.38. The zero-order valence-electron chi connectivity index (χ0n) is 13.2. The largest absolute Gasteiger partial charge is 0.305 e. The summed E-state index contributed by atoms with van der Waals surface area (Å²) in [6, 6.07) is 14.8. The standard InChI is InChI=1S/C20H23N/c1-14(2)9-12-20(21)17-10-11-19(16(4)13-17)18-8-6-5-7-15(18)3/h5-8,10-11,13,21H,1,9,12H2,2-4H3. The van der Waals surface area contributed by atoms with Gasteiger partial charge in [0.1, 0.15) is 0 Å². The van der Waals surface area contributed by atoms with Gasteiger partial charge in [0.15, 0.2) is 0 Å². The van der Waals surface area contributed by atoms with Gasteiger partial charge in [-0.3, -0.25) is 0 Å². The monoisotopic (exact) mass is 277 g/mol. The molecule has 2 rings (SSSR count). The second kappa shape index (κ2) is 6.53. The molecule has 0 aromatic heterocycles. The first kappa shape index (κ1) is 15.2. The third-order valence-electron chi connectivity index (χ3n) is 3.81. The first-order valence-corrected chi connectivity index (χ1v) is 7.38. The summed E-state index contributed by atoms with van der Waals surface area (Å²) in [6.07, 6.45) is 1.65. The van der Waals surface area contributed by atoms with Crippen molar-refractivity contribution in [2.45, 2.75) is 33.6 Å². The van der Waals surface area contributed by atoms with Gasteiger partial charge in [0.05, 0.1) is 0 Å². The lowest BCUT2D eigenvalue weighted by atomic mass is 9.93. The van der Waals surface area contributed by atoms with E-state index >= 15 is 0 Å². The highest BCUT2D eigenvalue weighted by Crippen LogP contribution is 2.27. The van der Waals surface area contributed by atoms with Gasteiger partial charge in [0.25, 0.3) is 0 Å². The van der Waals surface area contributed by atoms with Crippen LogP contribution in [0, 0.1) is 19.3 Å². The maximum Gasteiger partial charge on any atom is 0.0389 e. The van der Waals surface area contributed by atoms with Crippen molar-refractivity contribution < 1.29 is 0 Å². The summed E-state index contributed by atoms with van der Waals surface area (Å²) in [6.45, 7) is 10.2. The molecule has 0 radical (unpaired) electrons. The van der Waals surface area contributed by atoms with Crippen LogP contribution in [0.1, 0.15) is 36.5 Å². The van der Waals surface area contributed by atoms with E-state index in [4.69, 9.17) is 5.41 Å². The number of hydrogen-bond acceptors (Lipinski definition) is 1. The Morgan fingerprint density at radius 3 is 2.24 bits per heavy atom. The van der Waals surface area contributed by atoms with E-state index in [9.17, 15) is 0 Å². The van der Waals surface area contributed by atoms with E-state index in [2.05, 4.69) is 62.9 Å². The van der Waals surface area contributed by atoms with Gasteiger partial charge >= 0.3 is 0 Å². The number of allylic oxidation sites excluding steroid dienone is 1. The van der Waals surface area contributed by atoms with Crippen LogP contribution >= 0.6 is 0 Å². The SMILES string of the molecule is C=C(C)CCC(=N)c1ccc(-c2ccccc2C)c(C)c1. The predicted octanol–water partition coefficient (Wildman–Crippen LogP) is 5.69. The van der Waals surface area contributed by atoms with Gasteiger partial charge < -0.3 is 5.41 Å². The van der Waals surface area contributed by atoms with Gasteiger partial charge in [0.2, 0.25) is 0 Å². The van der Waals surface area contributed by atoms with E-state index in [-0.39, 0.29) is 0 Å². The van der Waals surface area contributed by atoms with E-state index < -0.39 is 0 Å². The first-order chi connectivity index (χ1) is 9.99. The van der Waals surface area contributed by atoms with E-state index in [0.717, 1.165) is 24.0 Å². The van der Waals surface area contributed by atoms with Crippen LogP contribution in [0.15, 0.2) is 54.6 Å². The summed E-state index contributed by atoms with van der Waals surface area (Å²) in [7, 11) is 0. The third kappa shape index (κ3) is 3.69. The minimum Gasteiger partial charge on any atom is -0.305 e. The van der Waals surface area contributed by atoms with Crippen LogP contribution in [0.2, 0.25) is 0 Å². The molecule has 1 heteroatoms. The van der Waals surface area contributed by atoms with Crippen LogP contribution in [0.25, 0.3) is 11.1 Å². The smallest absolute Gasteiger partial charge is 0.0389 e. The summed E-state index contributed by atoms with van der Waals surface area (Å²) in [4.78, 5) is 0. The number of hydrogen-bond donors (Lipinski definition) is 1. The molecule has 1 N–H and O–H groups in total. The van der Waals surface area contributed by atoms with Gasteiger partial charge in [-0.25, -0.2) is 0 Å². The van der Waals surface area contributed by atoms with Crippen molar-refractivity contribution in [1.29, 1.82) is 5.41 Å². The number of rotatable bonds is 5. The molecule has 2 aromatic rings. The Bertz CT molecular complexity index is 680. The van der Waals surface area contributed by atoms with Crippen LogP contribution in [0.3, 0.4) is 0 Å². The van der Waals surface area contributed by atoms with Gasteiger partial charge in [-0.1, -0.05) is 42.0 Å². The number of nitrogens with one attached hydrogen (secondary N) is 1. The number of aryl methyl sites for hydroxylation is 2. The zero-order valence-corrected chi connectivity index (χ0v) is 13.2. The van der Waals surface area contributed by atoms with Crippen LogP contribution in [-0.2, 0) is 0 Å². The van der Waals surface area contributed by atoms with Gasteiger partial charge in [0, 0.05) is 5.71 Å². The fourth-order valence-electron chi connectivity index (χ4n) is 2.51. The lowest BCUT2D eigenvalue weighted by Gasteiger charge is -2.12. The molecular weight excluding hydrogens is 254 g/mol. The fourth-order valence-corrected chi connectivity index (χ4v) is 2.51. The van der Waals surface area contributed by atoms with Crippen molar-refractivity contribution in [3.05, 3.63) is 71.3 Å². The Morgan fingerprint density at radius 1 is 0.952 bits per heavy atom. The van der Waals surface area contributed by atoms with E-state index in [1.165, 1.54) is 22.3 Å². The highest BCUT2D eigenvalue weighted by molar-refractivity contribution is 5.99. The quantitative estimate of drug-likeness (QED) is 0.536. The molecule has 0 aliphatic carbocycles. The molecule has 21 heavy (non-hydrogen) atoms. The van der Waals surface area contributed by atoms with Crippen molar-refractivity contribution in [2.75, 3.05) is 0 Å². The highest BCUT2D eigenvalue weighted by Gasteiger charge is 2.08. The fraction of sp³-hybridized carbons (Fsp3) is 0.250. The lowest BCUT2D eigenvalue weighted by molar-refractivity contribution is 1.01. The van der Waals surface area contributed by atoms with E-state index in [1.54, 1.807) is 0 Å².